The third-order valence-electron chi connectivity index (χ3n) is 2.84. The molecule has 1 aromatic heterocycles. The Morgan fingerprint density at radius 1 is 1.19 bits per heavy atom. The summed E-state index contributed by atoms with van der Waals surface area (Å²) in [6, 6.07) is 5.34. The zero-order valence-electron chi connectivity index (χ0n) is 12.1. The Bertz CT molecular complexity index is 626. The second-order valence-electron chi connectivity index (χ2n) is 4.10. The molecule has 2 rings (SSSR count). The SMILES string of the molecule is COC(=O)CCn1nnc(-c2ccc(OC)c(OC)c2)n1. The van der Waals surface area contributed by atoms with Crippen molar-refractivity contribution in [3.8, 4) is 22.9 Å². The molecule has 0 bridgehead atoms. The number of carbonyl (C=O) groups excluding carboxylic acids is 1. The Hall–Kier alpha value is -2.64. The molecule has 112 valence electrons. The summed E-state index contributed by atoms with van der Waals surface area (Å²) in [5.41, 5.74) is 0.747. The predicted octanol–water partition coefficient (Wildman–Crippen LogP) is 0.920. The molecule has 0 radical (unpaired) electrons. The maximum Gasteiger partial charge on any atom is 0.307 e. The van der Waals surface area contributed by atoms with Gasteiger partial charge in [-0.3, -0.25) is 4.79 Å². The molecule has 21 heavy (non-hydrogen) atoms. The van der Waals surface area contributed by atoms with E-state index in [0.717, 1.165) is 5.56 Å². The van der Waals surface area contributed by atoms with Gasteiger partial charge in [0.1, 0.15) is 0 Å². The molecule has 0 amide bonds. The van der Waals surface area contributed by atoms with E-state index in [-0.39, 0.29) is 12.4 Å². The van der Waals surface area contributed by atoms with Gasteiger partial charge in [0.15, 0.2) is 11.5 Å². The first kappa shape index (κ1) is 14.8. The highest BCUT2D eigenvalue weighted by atomic mass is 16.5. The summed E-state index contributed by atoms with van der Waals surface area (Å²) in [5.74, 6) is 1.33. The van der Waals surface area contributed by atoms with E-state index in [2.05, 4.69) is 20.1 Å². The van der Waals surface area contributed by atoms with E-state index in [1.807, 2.05) is 6.07 Å². The van der Waals surface area contributed by atoms with Crippen LogP contribution < -0.4 is 9.47 Å². The van der Waals surface area contributed by atoms with Crippen LogP contribution in [0.4, 0.5) is 0 Å². The van der Waals surface area contributed by atoms with Gasteiger partial charge in [-0.05, 0) is 23.4 Å². The number of rotatable bonds is 6. The second kappa shape index (κ2) is 6.69. The van der Waals surface area contributed by atoms with Crippen molar-refractivity contribution >= 4 is 5.97 Å². The van der Waals surface area contributed by atoms with Crippen molar-refractivity contribution in [3.63, 3.8) is 0 Å². The zero-order chi connectivity index (χ0) is 15.2. The Morgan fingerprint density at radius 3 is 2.62 bits per heavy atom. The first-order valence-corrected chi connectivity index (χ1v) is 6.25. The van der Waals surface area contributed by atoms with Gasteiger partial charge in [0.05, 0.1) is 34.3 Å². The summed E-state index contributed by atoms with van der Waals surface area (Å²) >= 11 is 0. The Balaban J connectivity index is 2.15. The summed E-state index contributed by atoms with van der Waals surface area (Å²) in [6.45, 7) is 0.312. The molecule has 1 heterocycles. The highest BCUT2D eigenvalue weighted by molar-refractivity contribution is 5.68. The first-order chi connectivity index (χ1) is 10.2. The van der Waals surface area contributed by atoms with Crippen LogP contribution in [0.1, 0.15) is 6.42 Å². The van der Waals surface area contributed by atoms with Gasteiger partial charge in [0.2, 0.25) is 5.82 Å². The molecule has 0 saturated heterocycles. The third-order valence-corrected chi connectivity index (χ3v) is 2.84. The fourth-order valence-electron chi connectivity index (χ4n) is 1.72. The molecule has 8 nitrogen and oxygen atoms in total. The molecular formula is C13H16N4O4. The Labute approximate surface area is 121 Å². The van der Waals surface area contributed by atoms with E-state index < -0.39 is 0 Å². The topological polar surface area (TPSA) is 88.4 Å². The molecule has 1 aromatic carbocycles. The summed E-state index contributed by atoms with van der Waals surface area (Å²) in [7, 11) is 4.47. The molecular weight excluding hydrogens is 276 g/mol. The van der Waals surface area contributed by atoms with E-state index in [1.165, 1.54) is 11.9 Å². The molecule has 0 saturated carbocycles. The number of ether oxygens (including phenoxy) is 3. The molecule has 0 aliphatic heterocycles. The molecule has 0 N–H and O–H groups in total. The van der Waals surface area contributed by atoms with E-state index in [0.29, 0.717) is 23.9 Å². The zero-order valence-corrected chi connectivity index (χ0v) is 12.1. The molecule has 0 atom stereocenters. The molecule has 2 aromatic rings. The van der Waals surface area contributed by atoms with Gasteiger partial charge in [0, 0.05) is 5.56 Å². The first-order valence-electron chi connectivity index (χ1n) is 6.25. The number of nitrogens with zero attached hydrogens (tertiary/aromatic N) is 4. The van der Waals surface area contributed by atoms with Gasteiger partial charge >= 0.3 is 5.97 Å². The lowest BCUT2D eigenvalue weighted by atomic mass is 10.2. The van der Waals surface area contributed by atoms with Gasteiger partial charge in [-0.15, -0.1) is 10.2 Å². The van der Waals surface area contributed by atoms with Crippen molar-refractivity contribution in [1.29, 1.82) is 0 Å². The summed E-state index contributed by atoms with van der Waals surface area (Å²) in [6.07, 6.45) is 0.193. The van der Waals surface area contributed by atoms with Crippen LogP contribution in [0.3, 0.4) is 0 Å². The van der Waals surface area contributed by atoms with Crippen LogP contribution in [-0.2, 0) is 16.1 Å². The number of aryl methyl sites for hydroxylation is 1. The van der Waals surface area contributed by atoms with Crippen LogP contribution in [0.5, 0.6) is 11.5 Å². The number of carbonyl (C=O) groups is 1. The maximum absolute atomic E-state index is 11.1. The van der Waals surface area contributed by atoms with E-state index in [9.17, 15) is 4.79 Å². The summed E-state index contributed by atoms with van der Waals surface area (Å²) < 4.78 is 15.0. The number of hydrogen-bond donors (Lipinski definition) is 0. The number of benzene rings is 1. The number of esters is 1. The summed E-state index contributed by atoms with van der Waals surface area (Å²) in [4.78, 5) is 12.4. The van der Waals surface area contributed by atoms with Crippen LogP contribution in [-0.4, -0.2) is 47.5 Å². The quantitative estimate of drug-likeness (QED) is 0.731. The van der Waals surface area contributed by atoms with Crippen LogP contribution in [0.2, 0.25) is 0 Å². The normalized spacial score (nSPS) is 10.2. The smallest absolute Gasteiger partial charge is 0.307 e. The predicted molar refractivity (Wildman–Crippen MR) is 73.0 cm³/mol. The molecule has 0 fully saturated rings. The van der Waals surface area contributed by atoms with Crippen LogP contribution in [0, 0.1) is 0 Å². The largest absolute Gasteiger partial charge is 0.493 e. The Morgan fingerprint density at radius 2 is 1.95 bits per heavy atom. The molecule has 8 heteroatoms. The van der Waals surface area contributed by atoms with Crippen molar-refractivity contribution in [2.24, 2.45) is 0 Å². The number of aromatic nitrogens is 4. The van der Waals surface area contributed by atoms with Gasteiger partial charge in [-0.25, -0.2) is 0 Å². The lowest BCUT2D eigenvalue weighted by molar-refractivity contribution is -0.140. The third kappa shape index (κ3) is 3.47. The molecule has 0 spiro atoms. The lowest BCUT2D eigenvalue weighted by Gasteiger charge is -2.07. The monoisotopic (exact) mass is 292 g/mol. The standard InChI is InChI=1S/C13H16N4O4/c1-19-10-5-4-9(8-11(10)20-2)13-14-16-17(15-13)7-6-12(18)21-3/h4-5,8H,6-7H2,1-3H3. The second-order valence-corrected chi connectivity index (χ2v) is 4.10. The average molecular weight is 292 g/mol. The molecule has 0 aliphatic carbocycles. The number of methoxy groups -OCH3 is 3. The number of tetrazole rings is 1. The summed E-state index contributed by atoms with van der Waals surface area (Å²) in [5, 5.41) is 12.1. The Kier molecular flexibility index (Phi) is 4.70. The van der Waals surface area contributed by atoms with E-state index in [4.69, 9.17) is 9.47 Å². The number of hydrogen-bond acceptors (Lipinski definition) is 7. The van der Waals surface area contributed by atoms with Gasteiger partial charge in [0.25, 0.3) is 0 Å². The average Bonchev–Trinajstić information content (AvgIpc) is 3.00. The maximum atomic E-state index is 11.1. The van der Waals surface area contributed by atoms with Gasteiger partial charge in [-0.1, -0.05) is 0 Å². The van der Waals surface area contributed by atoms with Gasteiger partial charge < -0.3 is 14.2 Å². The van der Waals surface area contributed by atoms with Crippen molar-refractivity contribution < 1.29 is 19.0 Å². The van der Waals surface area contributed by atoms with Crippen LogP contribution >= 0.6 is 0 Å². The van der Waals surface area contributed by atoms with E-state index in [1.54, 1.807) is 26.4 Å². The minimum atomic E-state index is -0.319. The lowest BCUT2D eigenvalue weighted by Crippen LogP contribution is -2.09. The molecule has 0 unspecified atom stereocenters. The van der Waals surface area contributed by atoms with Crippen LogP contribution in [0.25, 0.3) is 11.4 Å². The van der Waals surface area contributed by atoms with Crippen molar-refractivity contribution in [2.45, 2.75) is 13.0 Å². The highest BCUT2D eigenvalue weighted by Crippen LogP contribution is 2.30. The van der Waals surface area contributed by atoms with E-state index >= 15 is 0 Å². The fraction of sp³-hybridized carbons (Fsp3) is 0.385. The fourth-order valence-corrected chi connectivity index (χ4v) is 1.72. The minimum Gasteiger partial charge on any atom is -0.493 e. The highest BCUT2D eigenvalue weighted by Gasteiger charge is 2.11. The van der Waals surface area contributed by atoms with Crippen molar-refractivity contribution in [2.75, 3.05) is 21.3 Å². The van der Waals surface area contributed by atoms with Crippen LogP contribution in [0.15, 0.2) is 18.2 Å². The van der Waals surface area contributed by atoms with Crippen molar-refractivity contribution in [3.05, 3.63) is 18.2 Å². The minimum absolute atomic E-state index is 0.193. The van der Waals surface area contributed by atoms with Gasteiger partial charge in [-0.2, -0.15) is 4.80 Å². The van der Waals surface area contributed by atoms with Crippen molar-refractivity contribution in [1.82, 2.24) is 20.2 Å². The molecule has 0 aliphatic rings.